The summed E-state index contributed by atoms with van der Waals surface area (Å²) in [5, 5.41) is 0.848. The molecule has 1 saturated heterocycles. The average Bonchev–Trinajstić information content (AvgIpc) is 3.13. The lowest BCUT2D eigenvalue weighted by molar-refractivity contribution is -0.137. The third-order valence-corrected chi connectivity index (χ3v) is 6.95. The molecule has 30 heavy (non-hydrogen) atoms. The number of halogens is 1. The van der Waals surface area contributed by atoms with E-state index in [0.717, 1.165) is 33.1 Å². The van der Waals surface area contributed by atoms with Gasteiger partial charge in [0.2, 0.25) is 5.91 Å². The van der Waals surface area contributed by atoms with Crippen LogP contribution in [-0.2, 0) is 17.8 Å². The summed E-state index contributed by atoms with van der Waals surface area (Å²) in [4.78, 5) is 21.6. The predicted molar refractivity (Wildman–Crippen MR) is 114 cm³/mol. The maximum atomic E-state index is 13.4. The smallest absolute Gasteiger partial charge is 0.229 e. The number of anilines is 1. The Kier molecular flexibility index (Phi) is 4.73. The number of benzene rings is 2. The fourth-order valence-corrected chi connectivity index (χ4v) is 5.15. The Bertz CT molecular complexity index is 1130. The summed E-state index contributed by atoms with van der Waals surface area (Å²) in [5.41, 5.74) is 3.11. The van der Waals surface area contributed by atoms with Crippen molar-refractivity contribution in [2.75, 3.05) is 38.8 Å². The molecule has 0 saturated carbocycles. The van der Waals surface area contributed by atoms with E-state index in [-0.39, 0.29) is 17.6 Å². The van der Waals surface area contributed by atoms with Crippen LogP contribution >= 0.6 is 11.3 Å². The fourth-order valence-electron chi connectivity index (χ4n) is 4.14. The molecule has 8 heteroatoms. The molecule has 1 amide bonds. The van der Waals surface area contributed by atoms with E-state index in [2.05, 4.69) is 9.88 Å². The van der Waals surface area contributed by atoms with Crippen LogP contribution in [0.3, 0.4) is 0 Å². The van der Waals surface area contributed by atoms with Gasteiger partial charge in [0.1, 0.15) is 5.82 Å². The first kappa shape index (κ1) is 19.1. The van der Waals surface area contributed by atoms with Gasteiger partial charge in [-0.3, -0.25) is 4.79 Å². The summed E-state index contributed by atoms with van der Waals surface area (Å²) in [6.07, 6.45) is 0.807. The van der Waals surface area contributed by atoms with Gasteiger partial charge in [0, 0.05) is 26.2 Å². The number of fused-ring (bicyclic) bond motifs is 2. The SMILES string of the molecule is COc1cc2c(cc1OC)CN(C(=O)C1CN(c3nc4ccc(F)cc4s3)C1)CC2. The third-order valence-electron chi connectivity index (χ3n) is 5.87. The molecule has 3 heterocycles. The molecular weight excluding hydrogens is 405 g/mol. The molecular formula is C22H22FN3O3S. The number of aromatic nitrogens is 1. The molecule has 0 spiro atoms. The molecule has 1 aromatic heterocycles. The number of thiazole rings is 1. The van der Waals surface area contributed by atoms with Gasteiger partial charge in [-0.1, -0.05) is 11.3 Å². The van der Waals surface area contributed by atoms with Crippen molar-refractivity contribution in [3.05, 3.63) is 47.3 Å². The minimum atomic E-state index is -0.256. The van der Waals surface area contributed by atoms with Crippen molar-refractivity contribution in [2.24, 2.45) is 5.92 Å². The summed E-state index contributed by atoms with van der Waals surface area (Å²) in [6, 6.07) is 8.61. The molecule has 0 unspecified atom stereocenters. The van der Waals surface area contributed by atoms with Crippen LogP contribution in [0.5, 0.6) is 11.5 Å². The molecule has 2 aliphatic heterocycles. The molecule has 0 aliphatic carbocycles. The Hall–Kier alpha value is -2.87. The number of amides is 1. The van der Waals surface area contributed by atoms with E-state index in [1.165, 1.54) is 29.0 Å². The highest BCUT2D eigenvalue weighted by atomic mass is 32.1. The van der Waals surface area contributed by atoms with Gasteiger partial charge >= 0.3 is 0 Å². The van der Waals surface area contributed by atoms with Crippen LogP contribution in [0.1, 0.15) is 11.1 Å². The Morgan fingerprint density at radius 3 is 2.60 bits per heavy atom. The van der Waals surface area contributed by atoms with Crippen molar-refractivity contribution in [1.82, 2.24) is 9.88 Å². The zero-order valence-corrected chi connectivity index (χ0v) is 17.7. The molecule has 0 bridgehead atoms. The zero-order chi connectivity index (χ0) is 20.8. The van der Waals surface area contributed by atoms with Gasteiger partial charge in [0.05, 0.1) is 30.4 Å². The summed E-state index contributed by atoms with van der Waals surface area (Å²) < 4.78 is 25.0. The Morgan fingerprint density at radius 2 is 1.87 bits per heavy atom. The first-order valence-electron chi connectivity index (χ1n) is 9.89. The van der Waals surface area contributed by atoms with Crippen LogP contribution in [0.25, 0.3) is 10.2 Å². The summed E-state index contributed by atoms with van der Waals surface area (Å²) in [6.45, 7) is 2.59. The molecule has 1 fully saturated rings. The van der Waals surface area contributed by atoms with Crippen molar-refractivity contribution in [2.45, 2.75) is 13.0 Å². The van der Waals surface area contributed by atoms with Gasteiger partial charge in [-0.15, -0.1) is 0 Å². The molecule has 5 rings (SSSR count). The van der Waals surface area contributed by atoms with E-state index >= 15 is 0 Å². The monoisotopic (exact) mass is 427 g/mol. The highest BCUT2D eigenvalue weighted by molar-refractivity contribution is 7.22. The molecule has 0 N–H and O–H groups in total. The number of carbonyl (C=O) groups excluding carboxylic acids is 1. The first-order chi connectivity index (χ1) is 14.6. The van der Waals surface area contributed by atoms with Gasteiger partial charge in [-0.05, 0) is 47.9 Å². The lowest BCUT2D eigenvalue weighted by atomic mass is 9.94. The van der Waals surface area contributed by atoms with Crippen molar-refractivity contribution < 1.29 is 18.7 Å². The molecule has 2 aromatic carbocycles. The van der Waals surface area contributed by atoms with Crippen LogP contribution in [-0.4, -0.2) is 49.6 Å². The van der Waals surface area contributed by atoms with Crippen LogP contribution < -0.4 is 14.4 Å². The first-order valence-corrected chi connectivity index (χ1v) is 10.7. The van der Waals surface area contributed by atoms with Gasteiger partial charge in [0.25, 0.3) is 0 Å². The van der Waals surface area contributed by atoms with Crippen LogP contribution in [0, 0.1) is 11.7 Å². The second-order valence-corrected chi connectivity index (χ2v) is 8.71. The van der Waals surface area contributed by atoms with Gasteiger partial charge < -0.3 is 19.3 Å². The van der Waals surface area contributed by atoms with Crippen molar-refractivity contribution in [1.29, 1.82) is 0 Å². The lowest BCUT2D eigenvalue weighted by Gasteiger charge is -2.41. The Balaban J connectivity index is 1.25. The molecule has 0 atom stereocenters. The molecule has 0 radical (unpaired) electrons. The van der Waals surface area contributed by atoms with E-state index < -0.39 is 0 Å². The van der Waals surface area contributed by atoms with E-state index in [1.54, 1.807) is 20.3 Å². The fraction of sp³-hybridized carbons (Fsp3) is 0.364. The van der Waals surface area contributed by atoms with Crippen LogP contribution in [0.4, 0.5) is 9.52 Å². The zero-order valence-electron chi connectivity index (χ0n) is 16.9. The standard InChI is InChI=1S/C22H22FN3O3S/c1-28-18-7-13-5-6-25(10-14(13)8-19(18)29-2)21(27)15-11-26(12-15)22-24-17-4-3-16(23)9-20(17)30-22/h3-4,7-9,15H,5-6,10-12H2,1-2H3. The third kappa shape index (κ3) is 3.25. The molecule has 156 valence electrons. The minimum absolute atomic E-state index is 0.0320. The number of ether oxygens (including phenoxy) is 2. The number of carbonyl (C=O) groups is 1. The van der Waals surface area contributed by atoms with Crippen LogP contribution in [0.2, 0.25) is 0 Å². The lowest BCUT2D eigenvalue weighted by Crippen LogP contribution is -2.55. The van der Waals surface area contributed by atoms with E-state index in [1.807, 2.05) is 17.0 Å². The van der Waals surface area contributed by atoms with E-state index in [0.29, 0.717) is 31.9 Å². The molecule has 2 aliphatic rings. The van der Waals surface area contributed by atoms with Gasteiger partial charge in [0.15, 0.2) is 16.6 Å². The largest absolute Gasteiger partial charge is 0.493 e. The number of rotatable bonds is 4. The second-order valence-electron chi connectivity index (χ2n) is 7.70. The highest BCUT2D eigenvalue weighted by Crippen LogP contribution is 2.36. The predicted octanol–water partition coefficient (Wildman–Crippen LogP) is 3.47. The quantitative estimate of drug-likeness (QED) is 0.638. The highest BCUT2D eigenvalue weighted by Gasteiger charge is 2.37. The van der Waals surface area contributed by atoms with Crippen molar-refractivity contribution >= 4 is 32.6 Å². The van der Waals surface area contributed by atoms with E-state index in [4.69, 9.17) is 9.47 Å². The average molecular weight is 428 g/mol. The number of hydrogen-bond donors (Lipinski definition) is 0. The summed E-state index contributed by atoms with van der Waals surface area (Å²) in [7, 11) is 3.25. The van der Waals surface area contributed by atoms with Crippen LogP contribution in [0.15, 0.2) is 30.3 Å². The Morgan fingerprint density at radius 1 is 1.13 bits per heavy atom. The number of nitrogens with zero attached hydrogens (tertiary/aromatic N) is 3. The number of hydrogen-bond acceptors (Lipinski definition) is 6. The summed E-state index contributed by atoms with van der Waals surface area (Å²) in [5.74, 6) is 1.30. The maximum Gasteiger partial charge on any atom is 0.229 e. The summed E-state index contributed by atoms with van der Waals surface area (Å²) >= 11 is 1.47. The van der Waals surface area contributed by atoms with Gasteiger partial charge in [-0.25, -0.2) is 9.37 Å². The molecule has 3 aromatic rings. The topological polar surface area (TPSA) is 54.9 Å². The van der Waals surface area contributed by atoms with Crippen molar-refractivity contribution in [3.8, 4) is 11.5 Å². The number of methoxy groups -OCH3 is 2. The van der Waals surface area contributed by atoms with Crippen molar-refractivity contribution in [3.63, 3.8) is 0 Å². The minimum Gasteiger partial charge on any atom is -0.493 e. The molecule has 6 nitrogen and oxygen atoms in total. The second kappa shape index (κ2) is 7.43. The van der Waals surface area contributed by atoms with Gasteiger partial charge in [-0.2, -0.15) is 0 Å². The maximum absolute atomic E-state index is 13.4. The van der Waals surface area contributed by atoms with E-state index in [9.17, 15) is 9.18 Å². The Labute approximate surface area is 177 Å². The normalized spacial score (nSPS) is 16.4.